The topological polar surface area (TPSA) is 85.5 Å². The van der Waals surface area contributed by atoms with Crippen LogP contribution in [0, 0.1) is 26.6 Å². The Balaban J connectivity index is 1.53. The second kappa shape index (κ2) is 11.6. The van der Waals surface area contributed by atoms with Crippen LogP contribution in [0.3, 0.4) is 0 Å². The third-order valence-corrected chi connectivity index (χ3v) is 8.81. The highest BCUT2D eigenvalue weighted by molar-refractivity contribution is 5.80. The van der Waals surface area contributed by atoms with Gasteiger partial charge in [-0.05, 0) is 81.0 Å². The molecule has 1 N–H and O–H groups in total. The quantitative estimate of drug-likeness (QED) is 0.282. The highest BCUT2D eigenvalue weighted by Crippen LogP contribution is 2.38. The van der Waals surface area contributed by atoms with Crippen LogP contribution >= 0.6 is 0 Å². The molecule has 5 heterocycles. The maximum Gasteiger partial charge on any atom is 0.307 e. The van der Waals surface area contributed by atoms with Crippen molar-refractivity contribution in [3.05, 3.63) is 70.7 Å². The smallest absolute Gasteiger partial charge is 0.307 e. The fraction of sp³-hybridized carbons (Fsp3) is 0.412. The van der Waals surface area contributed by atoms with E-state index in [1.807, 2.05) is 61.7 Å². The van der Waals surface area contributed by atoms with Gasteiger partial charge in [-0.2, -0.15) is 0 Å². The first-order chi connectivity index (χ1) is 20.6. The van der Waals surface area contributed by atoms with Crippen LogP contribution in [0.5, 0.6) is 5.75 Å². The molecule has 9 heteroatoms. The number of nitrogens with zero attached hydrogens (tertiary/aromatic N) is 3. The summed E-state index contributed by atoms with van der Waals surface area (Å²) in [6, 6.07) is 11.0. The molecule has 0 radical (unpaired) electrons. The monoisotopic (exact) mass is 587 g/mol. The Kier molecular flexibility index (Phi) is 7.87. The number of carbonyl (C=O) groups is 1. The SMILES string of the molecule is Cc1cc(F)c2c(c1)OCCOCCOC1(C)CCN(CC1)c1c(CC(=O)O)c(C)c(C)c3nc(cn13)-c1cccc-2c1. The summed E-state index contributed by atoms with van der Waals surface area (Å²) in [5.41, 5.74) is 6.52. The number of imidazole rings is 1. The van der Waals surface area contributed by atoms with E-state index in [1.165, 1.54) is 6.07 Å². The van der Waals surface area contributed by atoms with Crippen LogP contribution in [0.15, 0.2) is 42.6 Å². The zero-order valence-electron chi connectivity index (χ0n) is 25.2. The first-order valence-corrected chi connectivity index (χ1v) is 14.9. The molecule has 1 fully saturated rings. The largest absolute Gasteiger partial charge is 0.490 e. The van der Waals surface area contributed by atoms with Crippen molar-refractivity contribution in [1.82, 2.24) is 9.38 Å². The molecule has 0 atom stereocenters. The molecule has 0 aliphatic carbocycles. The lowest BCUT2D eigenvalue weighted by Crippen LogP contribution is -2.45. The number of aliphatic carboxylic acids is 1. The Morgan fingerprint density at radius 3 is 2.53 bits per heavy atom. The number of hydrogen-bond acceptors (Lipinski definition) is 6. The molecule has 2 aromatic carbocycles. The average molecular weight is 588 g/mol. The zero-order valence-corrected chi connectivity index (χ0v) is 25.2. The molecule has 3 aliphatic rings. The molecule has 0 saturated carbocycles. The van der Waals surface area contributed by atoms with Gasteiger partial charge in [0, 0.05) is 30.4 Å². The lowest BCUT2D eigenvalue weighted by atomic mass is 9.92. The number of piperidine rings is 1. The zero-order chi connectivity index (χ0) is 30.3. The third-order valence-electron chi connectivity index (χ3n) is 8.81. The van der Waals surface area contributed by atoms with E-state index in [0.29, 0.717) is 49.8 Å². The van der Waals surface area contributed by atoms with E-state index in [9.17, 15) is 9.90 Å². The minimum absolute atomic E-state index is 0.0853. The van der Waals surface area contributed by atoms with Crippen molar-refractivity contribution >= 4 is 17.4 Å². The van der Waals surface area contributed by atoms with Crippen molar-refractivity contribution in [1.29, 1.82) is 0 Å². The van der Waals surface area contributed by atoms with E-state index in [4.69, 9.17) is 19.2 Å². The Morgan fingerprint density at radius 2 is 1.77 bits per heavy atom. The van der Waals surface area contributed by atoms with Gasteiger partial charge in [-0.25, -0.2) is 9.37 Å². The van der Waals surface area contributed by atoms with Crippen LogP contribution in [0.25, 0.3) is 28.0 Å². The lowest BCUT2D eigenvalue weighted by molar-refractivity contribution is -0.136. The van der Waals surface area contributed by atoms with Gasteiger partial charge in [-0.3, -0.25) is 9.20 Å². The Morgan fingerprint density at radius 1 is 1.02 bits per heavy atom. The van der Waals surface area contributed by atoms with Crippen molar-refractivity contribution in [3.8, 4) is 28.1 Å². The van der Waals surface area contributed by atoms with E-state index in [1.54, 1.807) is 0 Å². The van der Waals surface area contributed by atoms with Crippen LogP contribution in [0.1, 0.15) is 42.0 Å². The van der Waals surface area contributed by atoms with Crippen LogP contribution in [-0.4, -0.2) is 65.6 Å². The summed E-state index contributed by atoms with van der Waals surface area (Å²) in [6.07, 6.45) is 3.48. The minimum Gasteiger partial charge on any atom is -0.490 e. The molecular formula is C34H38FN3O5. The van der Waals surface area contributed by atoms with Crippen LogP contribution < -0.4 is 9.64 Å². The first kappa shape index (κ1) is 29.1. The number of anilines is 1. The summed E-state index contributed by atoms with van der Waals surface area (Å²) >= 11 is 0. The number of pyridine rings is 1. The number of aryl methyl sites for hydroxylation is 2. The lowest BCUT2D eigenvalue weighted by Gasteiger charge is -2.41. The van der Waals surface area contributed by atoms with Crippen molar-refractivity contribution in [2.24, 2.45) is 0 Å². The Labute approximate surface area is 251 Å². The summed E-state index contributed by atoms with van der Waals surface area (Å²) in [7, 11) is 0. The molecule has 6 bridgehead atoms. The summed E-state index contributed by atoms with van der Waals surface area (Å²) in [5, 5.41) is 9.87. The van der Waals surface area contributed by atoms with Gasteiger partial charge in [0.05, 0.1) is 43.1 Å². The molecule has 226 valence electrons. The molecule has 43 heavy (non-hydrogen) atoms. The van der Waals surface area contributed by atoms with Crippen molar-refractivity contribution in [3.63, 3.8) is 0 Å². The number of rotatable bonds is 2. The highest BCUT2D eigenvalue weighted by atomic mass is 19.1. The van der Waals surface area contributed by atoms with Crippen LogP contribution in [-0.2, 0) is 20.7 Å². The highest BCUT2D eigenvalue weighted by Gasteiger charge is 2.33. The normalized spacial score (nSPS) is 17.1. The predicted molar refractivity (Wildman–Crippen MR) is 164 cm³/mol. The minimum atomic E-state index is -0.874. The molecule has 7 rings (SSSR count). The third kappa shape index (κ3) is 5.71. The Hall–Kier alpha value is -3.95. The number of carboxylic acids is 1. The number of benzene rings is 2. The van der Waals surface area contributed by atoms with Crippen molar-refractivity contribution in [2.45, 2.75) is 52.6 Å². The number of ether oxygens (including phenoxy) is 3. The van der Waals surface area contributed by atoms with Gasteiger partial charge >= 0.3 is 5.97 Å². The van der Waals surface area contributed by atoms with Gasteiger partial charge < -0.3 is 24.2 Å². The van der Waals surface area contributed by atoms with E-state index >= 15 is 4.39 Å². The van der Waals surface area contributed by atoms with E-state index < -0.39 is 5.97 Å². The van der Waals surface area contributed by atoms with Crippen LogP contribution in [0.2, 0.25) is 0 Å². The number of fused-ring (bicyclic) bond motifs is 8. The number of halogens is 1. The van der Waals surface area contributed by atoms with E-state index in [2.05, 4.69) is 11.8 Å². The Bertz CT molecular complexity index is 1690. The van der Waals surface area contributed by atoms with E-state index in [-0.39, 0.29) is 24.4 Å². The van der Waals surface area contributed by atoms with Crippen LogP contribution in [0.4, 0.5) is 10.2 Å². The standard InChI is InChI=1S/C34H38FN3O5/c1-21-16-27(35)31-25-7-5-6-24(18-25)28-20-38-32(36-28)23(3)22(2)26(19-30(39)40)33(38)37-10-8-34(4,9-11-37)43-15-13-41-12-14-42-29(31)17-21/h5-7,16-18,20H,8-15,19H2,1-4H3,(H,39,40). The molecule has 8 nitrogen and oxygen atoms in total. The van der Waals surface area contributed by atoms with Gasteiger partial charge in [0.2, 0.25) is 0 Å². The maximum absolute atomic E-state index is 15.5. The molecule has 2 aromatic heterocycles. The van der Waals surface area contributed by atoms with Gasteiger partial charge in [0.25, 0.3) is 0 Å². The summed E-state index contributed by atoms with van der Waals surface area (Å²) < 4.78 is 35.7. The van der Waals surface area contributed by atoms with Crippen molar-refractivity contribution in [2.75, 3.05) is 44.4 Å². The summed E-state index contributed by atoms with van der Waals surface area (Å²) in [6.45, 7) is 10.9. The van der Waals surface area contributed by atoms with E-state index in [0.717, 1.165) is 57.8 Å². The number of aromatic nitrogens is 2. The molecule has 3 aliphatic heterocycles. The average Bonchev–Trinajstić information content (AvgIpc) is 3.41. The molecule has 1 saturated heterocycles. The van der Waals surface area contributed by atoms with Gasteiger partial charge in [-0.15, -0.1) is 0 Å². The second-order valence-corrected chi connectivity index (χ2v) is 11.9. The molecule has 0 spiro atoms. The molecule has 4 aromatic rings. The first-order valence-electron chi connectivity index (χ1n) is 14.9. The maximum atomic E-state index is 15.5. The van der Waals surface area contributed by atoms with Gasteiger partial charge in [-0.1, -0.05) is 18.2 Å². The molecular weight excluding hydrogens is 549 g/mol. The summed E-state index contributed by atoms with van der Waals surface area (Å²) in [4.78, 5) is 19.4. The fourth-order valence-corrected chi connectivity index (χ4v) is 6.29. The van der Waals surface area contributed by atoms with Crippen molar-refractivity contribution < 1.29 is 28.5 Å². The second-order valence-electron chi connectivity index (χ2n) is 11.9. The van der Waals surface area contributed by atoms with Gasteiger partial charge in [0.15, 0.2) is 0 Å². The number of carboxylic acid groups (broad SMARTS) is 1. The van der Waals surface area contributed by atoms with Gasteiger partial charge in [0.1, 0.15) is 29.6 Å². The number of hydrogen-bond donors (Lipinski definition) is 1. The molecule has 0 amide bonds. The predicted octanol–water partition coefficient (Wildman–Crippen LogP) is 6.14. The fourth-order valence-electron chi connectivity index (χ4n) is 6.29. The summed E-state index contributed by atoms with van der Waals surface area (Å²) in [5.74, 6) is 0.0858. The molecule has 0 unspecified atom stereocenters.